The number of benzene rings is 1. The molecule has 0 heterocycles. The number of nitrogens with one attached hydrogen (secondary N) is 1. The Morgan fingerprint density at radius 2 is 2.29 bits per heavy atom. The summed E-state index contributed by atoms with van der Waals surface area (Å²) in [4.78, 5) is 4.16. The number of halogens is 2. The molecule has 3 nitrogen and oxygen atoms in total. The Kier molecular flexibility index (Phi) is 6.37. The molecule has 0 bridgehead atoms. The fourth-order valence-electron chi connectivity index (χ4n) is 1.35. The molecule has 3 N–H and O–H groups in total. The van der Waals surface area contributed by atoms with Crippen LogP contribution in [0.15, 0.2) is 27.7 Å². The van der Waals surface area contributed by atoms with Crippen LogP contribution in [-0.2, 0) is 6.42 Å². The highest BCUT2D eigenvalue weighted by Gasteiger charge is 2.01. The predicted molar refractivity (Wildman–Crippen MR) is 77.6 cm³/mol. The first-order valence-electron chi connectivity index (χ1n) is 5.61. The first kappa shape index (κ1) is 14.3. The highest BCUT2D eigenvalue weighted by atomic mass is 79.9. The van der Waals surface area contributed by atoms with Crippen molar-refractivity contribution >= 4 is 33.5 Å². The van der Waals surface area contributed by atoms with Gasteiger partial charge >= 0.3 is 0 Å². The van der Waals surface area contributed by atoms with E-state index in [1.807, 2.05) is 18.2 Å². The van der Waals surface area contributed by atoms with Gasteiger partial charge in [-0.25, -0.2) is 0 Å². The van der Waals surface area contributed by atoms with Gasteiger partial charge in [0.25, 0.3) is 0 Å². The number of aliphatic imine (C=N–C) groups is 1. The van der Waals surface area contributed by atoms with Crippen molar-refractivity contribution in [2.45, 2.75) is 19.8 Å². The molecule has 0 saturated carbocycles. The van der Waals surface area contributed by atoms with Crippen molar-refractivity contribution < 1.29 is 0 Å². The van der Waals surface area contributed by atoms with E-state index in [0.717, 1.165) is 41.0 Å². The fraction of sp³-hybridized carbons (Fsp3) is 0.417. The SMILES string of the molecule is CCCN=C(N)NCCc1cc(Cl)ccc1Br. The number of nitrogens with zero attached hydrogens (tertiary/aromatic N) is 1. The monoisotopic (exact) mass is 317 g/mol. The highest BCUT2D eigenvalue weighted by Crippen LogP contribution is 2.21. The summed E-state index contributed by atoms with van der Waals surface area (Å²) in [7, 11) is 0. The van der Waals surface area contributed by atoms with E-state index in [9.17, 15) is 0 Å². The molecule has 5 heteroatoms. The molecule has 1 rings (SSSR count). The Hall–Kier alpha value is -0.740. The van der Waals surface area contributed by atoms with Crippen molar-refractivity contribution in [3.05, 3.63) is 33.3 Å². The molecule has 1 aromatic rings. The normalized spacial score (nSPS) is 11.6. The number of rotatable bonds is 5. The van der Waals surface area contributed by atoms with E-state index in [2.05, 4.69) is 33.2 Å². The van der Waals surface area contributed by atoms with Gasteiger partial charge in [0, 0.05) is 22.6 Å². The standard InChI is InChI=1S/C12H17BrClN3/c1-2-6-16-12(15)17-7-5-9-8-10(14)3-4-11(9)13/h3-4,8H,2,5-7H2,1H3,(H3,15,16,17). The van der Waals surface area contributed by atoms with Gasteiger partial charge in [-0.1, -0.05) is 34.5 Å². The van der Waals surface area contributed by atoms with E-state index < -0.39 is 0 Å². The minimum absolute atomic E-state index is 0.505. The van der Waals surface area contributed by atoms with Crippen molar-refractivity contribution in [2.75, 3.05) is 13.1 Å². The van der Waals surface area contributed by atoms with Crippen LogP contribution in [0.5, 0.6) is 0 Å². The topological polar surface area (TPSA) is 50.4 Å². The minimum atomic E-state index is 0.505. The smallest absolute Gasteiger partial charge is 0.188 e. The van der Waals surface area contributed by atoms with Crippen LogP contribution in [0.2, 0.25) is 5.02 Å². The molecule has 0 radical (unpaired) electrons. The summed E-state index contributed by atoms with van der Waals surface area (Å²) in [6, 6.07) is 5.76. The molecule has 94 valence electrons. The Balaban J connectivity index is 2.43. The van der Waals surface area contributed by atoms with Gasteiger partial charge in [-0.05, 0) is 36.6 Å². The van der Waals surface area contributed by atoms with Crippen LogP contribution in [0.4, 0.5) is 0 Å². The second-order valence-corrected chi connectivity index (χ2v) is 4.97. The number of nitrogens with two attached hydrogens (primary N) is 1. The number of hydrogen-bond donors (Lipinski definition) is 2. The first-order valence-corrected chi connectivity index (χ1v) is 6.78. The quantitative estimate of drug-likeness (QED) is 0.648. The van der Waals surface area contributed by atoms with Crippen LogP contribution < -0.4 is 11.1 Å². The van der Waals surface area contributed by atoms with Crippen molar-refractivity contribution in [1.82, 2.24) is 5.32 Å². The maximum absolute atomic E-state index is 5.94. The van der Waals surface area contributed by atoms with Crippen molar-refractivity contribution in [1.29, 1.82) is 0 Å². The molecule has 17 heavy (non-hydrogen) atoms. The minimum Gasteiger partial charge on any atom is -0.370 e. The summed E-state index contributed by atoms with van der Waals surface area (Å²) in [6.45, 7) is 3.58. The van der Waals surface area contributed by atoms with Crippen molar-refractivity contribution in [2.24, 2.45) is 10.7 Å². The van der Waals surface area contributed by atoms with Gasteiger partial charge in [0.05, 0.1) is 0 Å². The van der Waals surface area contributed by atoms with E-state index in [4.69, 9.17) is 17.3 Å². The molecule has 0 saturated heterocycles. The summed E-state index contributed by atoms with van der Waals surface area (Å²) in [5.41, 5.74) is 6.85. The average molecular weight is 319 g/mol. The molecule has 0 aliphatic heterocycles. The average Bonchev–Trinajstić information content (AvgIpc) is 2.31. The summed E-state index contributed by atoms with van der Waals surface area (Å²) < 4.78 is 1.06. The highest BCUT2D eigenvalue weighted by molar-refractivity contribution is 9.10. The van der Waals surface area contributed by atoms with Crippen LogP contribution in [-0.4, -0.2) is 19.0 Å². The lowest BCUT2D eigenvalue weighted by Gasteiger charge is -2.07. The van der Waals surface area contributed by atoms with E-state index in [1.165, 1.54) is 0 Å². The molecular formula is C12H17BrClN3. The van der Waals surface area contributed by atoms with Crippen LogP contribution in [0.25, 0.3) is 0 Å². The van der Waals surface area contributed by atoms with Crippen LogP contribution in [0.3, 0.4) is 0 Å². The van der Waals surface area contributed by atoms with Crippen LogP contribution in [0, 0.1) is 0 Å². The summed E-state index contributed by atoms with van der Waals surface area (Å²) in [5.74, 6) is 0.505. The van der Waals surface area contributed by atoms with Crippen LogP contribution >= 0.6 is 27.5 Å². The van der Waals surface area contributed by atoms with Gasteiger partial charge in [0.2, 0.25) is 0 Å². The van der Waals surface area contributed by atoms with E-state index in [1.54, 1.807) is 0 Å². The number of hydrogen-bond acceptors (Lipinski definition) is 1. The van der Waals surface area contributed by atoms with E-state index >= 15 is 0 Å². The predicted octanol–water partition coefficient (Wildman–Crippen LogP) is 2.96. The third-order valence-electron chi connectivity index (χ3n) is 2.21. The third kappa shape index (κ3) is 5.41. The van der Waals surface area contributed by atoms with Gasteiger partial charge in [0.15, 0.2) is 5.96 Å². The second-order valence-electron chi connectivity index (χ2n) is 3.68. The largest absolute Gasteiger partial charge is 0.370 e. The third-order valence-corrected chi connectivity index (χ3v) is 3.22. The zero-order valence-electron chi connectivity index (χ0n) is 9.84. The maximum atomic E-state index is 5.94. The van der Waals surface area contributed by atoms with Crippen LogP contribution in [0.1, 0.15) is 18.9 Å². The molecule has 0 aliphatic rings. The van der Waals surface area contributed by atoms with E-state index in [-0.39, 0.29) is 0 Å². The maximum Gasteiger partial charge on any atom is 0.188 e. The van der Waals surface area contributed by atoms with E-state index in [0.29, 0.717) is 5.96 Å². The summed E-state index contributed by atoms with van der Waals surface area (Å²) >= 11 is 9.43. The first-order chi connectivity index (χ1) is 8.13. The molecule has 0 unspecified atom stereocenters. The zero-order valence-corrected chi connectivity index (χ0v) is 12.2. The van der Waals surface area contributed by atoms with Gasteiger partial charge < -0.3 is 11.1 Å². The zero-order chi connectivity index (χ0) is 12.7. The Morgan fingerprint density at radius 1 is 1.53 bits per heavy atom. The molecule has 0 amide bonds. The number of guanidine groups is 1. The lowest BCUT2D eigenvalue weighted by molar-refractivity contribution is 0.837. The van der Waals surface area contributed by atoms with Gasteiger partial charge in [-0.2, -0.15) is 0 Å². The van der Waals surface area contributed by atoms with Gasteiger partial charge in [0.1, 0.15) is 0 Å². The molecule has 0 aliphatic carbocycles. The molecular weight excluding hydrogens is 302 g/mol. The second kappa shape index (κ2) is 7.56. The Morgan fingerprint density at radius 3 is 3.00 bits per heavy atom. The molecule has 1 aromatic carbocycles. The lowest BCUT2D eigenvalue weighted by atomic mass is 10.1. The molecule has 0 fully saturated rings. The molecule has 0 aromatic heterocycles. The Labute approximate surface area is 116 Å². The van der Waals surface area contributed by atoms with Crippen molar-refractivity contribution in [3.63, 3.8) is 0 Å². The van der Waals surface area contributed by atoms with Gasteiger partial charge in [-0.3, -0.25) is 4.99 Å². The van der Waals surface area contributed by atoms with Crippen molar-refractivity contribution in [3.8, 4) is 0 Å². The summed E-state index contributed by atoms with van der Waals surface area (Å²) in [6.07, 6.45) is 1.85. The van der Waals surface area contributed by atoms with Gasteiger partial charge in [-0.15, -0.1) is 0 Å². The lowest BCUT2D eigenvalue weighted by Crippen LogP contribution is -2.33. The molecule has 0 spiro atoms. The summed E-state index contributed by atoms with van der Waals surface area (Å²) in [5, 5.41) is 3.82. The molecule has 0 atom stereocenters. The Bertz CT molecular complexity index is 393. The fourth-order valence-corrected chi connectivity index (χ4v) is 1.99.